The Morgan fingerprint density at radius 2 is 1.56 bits per heavy atom. The van der Waals surface area contributed by atoms with Crippen LogP contribution in [0.1, 0.15) is 65.7 Å². The fraction of sp³-hybridized carbons (Fsp3) is 1.00. The van der Waals surface area contributed by atoms with Gasteiger partial charge in [0.15, 0.2) is 0 Å². The highest BCUT2D eigenvalue weighted by atomic mass is 16.3. The Balaban J connectivity index is 2.52. The van der Waals surface area contributed by atoms with Crippen LogP contribution in [0.4, 0.5) is 0 Å². The van der Waals surface area contributed by atoms with Crippen LogP contribution in [-0.2, 0) is 0 Å². The van der Waals surface area contributed by atoms with Crippen molar-refractivity contribution in [3.05, 3.63) is 0 Å². The van der Waals surface area contributed by atoms with Gasteiger partial charge in [-0.25, -0.2) is 0 Å². The highest BCUT2D eigenvalue weighted by Crippen LogP contribution is 2.37. The molecule has 0 aromatic rings. The van der Waals surface area contributed by atoms with E-state index in [9.17, 15) is 10.2 Å². The summed E-state index contributed by atoms with van der Waals surface area (Å²) in [5, 5.41) is 20.6. The van der Waals surface area contributed by atoms with Crippen molar-refractivity contribution < 1.29 is 10.2 Å². The molecule has 0 aliphatic heterocycles. The van der Waals surface area contributed by atoms with Gasteiger partial charge in [0, 0.05) is 0 Å². The molecule has 2 heteroatoms. The van der Waals surface area contributed by atoms with Crippen LogP contribution in [0.2, 0.25) is 0 Å². The molecule has 96 valence electrons. The van der Waals surface area contributed by atoms with E-state index in [2.05, 4.69) is 6.92 Å². The molecule has 0 radical (unpaired) electrons. The summed E-state index contributed by atoms with van der Waals surface area (Å²) in [6, 6.07) is 0. The van der Waals surface area contributed by atoms with Crippen molar-refractivity contribution in [2.24, 2.45) is 11.8 Å². The van der Waals surface area contributed by atoms with Gasteiger partial charge in [0.1, 0.15) is 0 Å². The molecule has 1 atom stereocenters. The maximum absolute atomic E-state index is 10.3. The van der Waals surface area contributed by atoms with Gasteiger partial charge in [-0.15, -0.1) is 0 Å². The normalized spacial score (nSPS) is 29.1. The number of hydrogen-bond acceptors (Lipinski definition) is 2. The summed E-state index contributed by atoms with van der Waals surface area (Å²) < 4.78 is 0. The molecule has 0 amide bonds. The van der Waals surface area contributed by atoms with E-state index in [1.54, 1.807) is 0 Å². The Bertz CT molecular complexity index is 191. The molecule has 1 aliphatic rings. The first-order valence-electron chi connectivity index (χ1n) is 6.97. The molecule has 0 heterocycles. The lowest BCUT2D eigenvalue weighted by molar-refractivity contribution is -0.112. The minimum Gasteiger partial charge on any atom is -0.390 e. The van der Waals surface area contributed by atoms with Crippen LogP contribution in [0.5, 0.6) is 0 Å². The average Bonchev–Trinajstić information content (AvgIpc) is 2.37. The van der Waals surface area contributed by atoms with Crippen molar-refractivity contribution in [3.63, 3.8) is 0 Å². The zero-order valence-corrected chi connectivity index (χ0v) is 11.1. The standard InChI is InChI=1S/C14H28O2/c1-4-11-7-9-12(10-8-11)13(15)14(16,5-2)6-3/h11-13,15-16H,4-10H2,1-3H3. The summed E-state index contributed by atoms with van der Waals surface area (Å²) in [7, 11) is 0. The molecule has 2 N–H and O–H groups in total. The largest absolute Gasteiger partial charge is 0.390 e. The fourth-order valence-electron chi connectivity index (χ4n) is 3.02. The number of aliphatic hydroxyl groups is 2. The van der Waals surface area contributed by atoms with E-state index in [1.165, 1.54) is 19.3 Å². The lowest BCUT2D eigenvalue weighted by Crippen LogP contribution is -2.46. The topological polar surface area (TPSA) is 40.5 Å². The van der Waals surface area contributed by atoms with Crippen molar-refractivity contribution in [1.29, 1.82) is 0 Å². The molecule has 0 aromatic carbocycles. The minimum absolute atomic E-state index is 0.313. The predicted molar refractivity (Wildman–Crippen MR) is 67.3 cm³/mol. The highest BCUT2D eigenvalue weighted by Gasteiger charge is 2.38. The van der Waals surface area contributed by atoms with E-state index >= 15 is 0 Å². The van der Waals surface area contributed by atoms with Gasteiger partial charge in [0.2, 0.25) is 0 Å². The molecular weight excluding hydrogens is 200 g/mol. The van der Waals surface area contributed by atoms with E-state index in [0.29, 0.717) is 18.8 Å². The Morgan fingerprint density at radius 3 is 1.94 bits per heavy atom. The second kappa shape index (κ2) is 6.02. The Morgan fingerprint density at radius 1 is 1.06 bits per heavy atom. The first-order valence-corrected chi connectivity index (χ1v) is 6.97. The second-order valence-electron chi connectivity index (χ2n) is 5.44. The summed E-state index contributed by atoms with van der Waals surface area (Å²) in [5.74, 6) is 1.16. The second-order valence-corrected chi connectivity index (χ2v) is 5.44. The monoisotopic (exact) mass is 228 g/mol. The van der Waals surface area contributed by atoms with Gasteiger partial charge in [-0.1, -0.05) is 40.0 Å². The quantitative estimate of drug-likeness (QED) is 0.759. The molecule has 0 spiro atoms. The number of rotatable bonds is 5. The molecule has 0 aromatic heterocycles. The zero-order valence-electron chi connectivity index (χ0n) is 11.1. The smallest absolute Gasteiger partial charge is 0.0902 e. The third-order valence-electron chi connectivity index (χ3n) is 4.69. The molecule has 1 aliphatic carbocycles. The van der Waals surface area contributed by atoms with Crippen LogP contribution in [0.15, 0.2) is 0 Å². The molecule has 0 bridgehead atoms. The fourth-order valence-corrected chi connectivity index (χ4v) is 3.02. The van der Waals surface area contributed by atoms with Gasteiger partial charge in [0.25, 0.3) is 0 Å². The van der Waals surface area contributed by atoms with Crippen molar-refractivity contribution in [1.82, 2.24) is 0 Å². The average molecular weight is 228 g/mol. The maximum Gasteiger partial charge on any atom is 0.0902 e. The van der Waals surface area contributed by atoms with Gasteiger partial charge >= 0.3 is 0 Å². The molecule has 1 unspecified atom stereocenters. The maximum atomic E-state index is 10.3. The SMILES string of the molecule is CCC1CCC(C(O)C(O)(CC)CC)CC1. The van der Waals surface area contributed by atoms with Gasteiger partial charge < -0.3 is 10.2 Å². The summed E-state index contributed by atoms with van der Waals surface area (Å²) in [6.07, 6.45) is 6.65. The first kappa shape index (κ1) is 14.0. The Labute approximate surface area is 100 Å². The van der Waals surface area contributed by atoms with Crippen LogP contribution in [-0.4, -0.2) is 21.9 Å². The summed E-state index contributed by atoms with van der Waals surface area (Å²) >= 11 is 0. The minimum atomic E-state index is -0.857. The third-order valence-corrected chi connectivity index (χ3v) is 4.69. The lowest BCUT2D eigenvalue weighted by atomic mass is 9.73. The van der Waals surface area contributed by atoms with Crippen molar-refractivity contribution in [2.75, 3.05) is 0 Å². The van der Waals surface area contributed by atoms with E-state index in [4.69, 9.17) is 0 Å². The lowest BCUT2D eigenvalue weighted by Gasteiger charge is -2.39. The third kappa shape index (κ3) is 2.98. The summed E-state index contributed by atoms with van der Waals surface area (Å²) in [5.41, 5.74) is -0.857. The summed E-state index contributed by atoms with van der Waals surface area (Å²) in [6.45, 7) is 6.17. The van der Waals surface area contributed by atoms with Crippen LogP contribution >= 0.6 is 0 Å². The Kier molecular flexibility index (Phi) is 5.26. The molecule has 16 heavy (non-hydrogen) atoms. The van der Waals surface area contributed by atoms with E-state index in [1.807, 2.05) is 13.8 Å². The van der Waals surface area contributed by atoms with Crippen LogP contribution in [0, 0.1) is 11.8 Å². The molecule has 0 saturated heterocycles. The van der Waals surface area contributed by atoms with Gasteiger partial charge in [0.05, 0.1) is 11.7 Å². The van der Waals surface area contributed by atoms with Crippen LogP contribution in [0.25, 0.3) is 0 Å². The molecular formula is C14H28O2. The van der Waals surface area contributed by atoms with Crippen molar-refractivity contribution in [3.8, 4) is 0 Å². The Hall–Kier alpha value is -0.0800. The molecule has 1 fully saturated rings. The zero-order chi connectivity index (χ0) is 12.2. The molecule has 1 saturated carbocycles. The van der Waals surface area contributed by atoms with Crippen molar-refractivity contribution in [2.45, 2.75) is 77.4 Å². The van der Waals surface area contributed by atoms with Gasteiger partial charge in [-0.2, -0.15) is 0 Å². The van der Waals surface area contributed by atoms with Crippen LogP contribution in [0.3, 0.4) is 0 Å². The van der Waals surface area contributed by atoms with Gasteiger partial charge in [-0.05, 0) is 37.5 Å². The highest BCUT2D eigenvalue weighted by molar-refractivity contribution is 4.90. The number of aliphatic hydroxyl groups excluding tert-OH is 1. The predicted octanol–water partition coefficient (Wildman–Crippen LogP) is 3.11. The van der Waals surface area contributed by atoms with Crippen molar-refractivity contribution >= 4 is 0 Å². The van der Waals surface area contributed by atoms with E-state index in [-0.39, 0.29) is 0 Å². The first-order chi connectivity index (χ1) is 7.57. The van der Waals surface area contributed by atoms with E-state index < -0.39 is 11.7 Å². The molecule has 2 nitrogen and oxygen atoms in total. The van der Waals surface area contributed by atoms with Crippen LogP contribution < -0.4 is 0 Å². The number of hydrogen-bond donors (Lipinski definition) is 2. The van der Waals surface area contributed by atoms with E-state index in [0.717, 1.165) is 18.8 Å². The van der Waals surface area contributed by atoms with Gasteiger partial charge in [-0.3, -0.25) is 0 Å². The summed E-state index contributed by atoms with van der Waals surface area (Å²) in [4.78, 5) is 0. The molecule has 1 rings (SSSR count).